The maximum Gasteiger partial charge on any atom is 0.241 e. The Morgan fingerprint density at radius 2 is 1.78 bits per heavy atom. The van der Waals surface area contributed by atoms with E-state index in [2.05, 4.69) is 10.0 Å². The van der Waals surface area contributed by atoms with Crippen molar-refractivity contribution in [1.29, 1.82) is 0 Å². The van der Waals surface area contributed by atoms with Gasteiger partial charge in [-0.25, -0.2) is 17.5 Å². The van der Waals surface area contributed by atoms with E-state index in [4.69, 9.17) is 9.47 Å². The summed E-state index contributed by atoms with van der Waals surface area (Å²) < 4.78 is 50.5. The molecule has 0 unspecified atom stereocenters. The van der Waals surface area contributed by atoms with Crippen molar-refractivity contribution < 1.29 is 27.1 Å². The highest BCUT2D eigenvalue weighted by molar-refractivity contribution is 7.89. The molecule has 2 N–H and O–H groups in total. The molecule has 0 aromatic heterocycles. The van der Waals surface area contributed by atoms with Crippen LogP contribution in [0, 0.1) is 5.82 Å². The van der Waals surface area contributed by atoms with Crippen LogP contribution in [0.5, 0.6) is 11.5 Å². The van der Waals surface area contributed by atoms with Gasteiger partial charge in [-0.3, -0.25) is 4.79 Å². The molecule has 0 spiro atoms. The first-order chi connectivity index (χ1) is 12.9. The van der Waals surface area contributed by atoms with Gasteiger partial charge in [-0.15, -0.1) is 0 Å². The lowest BCUT2D eigenvalue weighted by Crippen LogP contribution is -2.37. The predicted octanol–water partition coefficient (Wildman–Crippen LogP) is 1.48. The Morgan fingerprint density at radius 1 is 1.07 bits per heavy atom. The van der Waals surface area contributed by atoms with Crippen LogP contribution >= 0.6 is 0 Å². The summed E-state index contributed by atoms with van der Waals surface area (Å²) in [6, 6.07) is 10.4. The first-order valence-corrected chi connectivity index (χ1v) is 9.57. The normalized spacial score (nSPS) is 11.1. The van der Waals surface area contributed by atoms with E-state index in [1.165, 1.54) is 38.5 Å². The fourth-order valence-corrected chi connectivity index (χ4v) is 3.32. The van der Waals surface area contributed by atoms with E-state index in [-0.39, 0.29) is 23.0 Å². The van der Waals surface area contributed by atoms with E-state index >= 15 is 0 Å². The summed E-state index contributed by atoms with van der Waals surface area (Å²) in [5, 5.41) is 2.55. The summed E-state index contributed by atoms with van der Waals surface area (Å²) >= 11 is 0. The molecule has 0 bridgehead atoms. The molecule has 0 aliphatic carbocycles. The number of carbonyl (C=O) groups excluding carboxylic acids is 1. The van der Waals surface area contributed by atoms with Gasteiger partial charge in [0.25, 0.3) is 0 Å². The van der Waals surface area contributed by atoms with E-state index in [9.17, 15) is 17.6 Å². The van der Waals surface area contributed by atoms with E-state index < -0.39 is 22.5 Å². The fourth-order valence-electron chi connectivity index (χ4n) is 2.33. The van der Waals surface area contributed by atoms with Gasteiger partial charge in [-0.1, -0.05) is 18.2 Å². The molecular formula is C18H21FN2O5S. The molecule has 9 heteroatoms. The Hall–Kier alpha value is -2.65. The lowest BCUT2D eigenvalue weighted by Gasteiger charge is -2.11. The van der Waals surface area contributed by atoms with Crippen LogP contribution in [0.3, 0.4) is 0 Å². The zero-order valence-corrected chi connectivity index (χ0v) is 15.8. The number of sulfonamides is 1. The molecule has 0 saturated carbocycles. The Bertz CT molecular complexity index is 902. The standard InChI is InChI=1S/C18H21FN2O5S/c1-25-16-8-7-14(11-17(16)26-2)27(23,24)21-12-18(22)20-10-9-13-5-3-4-6-15(13)19/h3-8,11,21H,9-10,12H2,1-2H3,(H,20,22). The Labute approximate surface area is 157 Å². The van der Waals surface area contributed by atoms with Crippen LogP contribution in [0.4, 0.5) is 4.39 Å². The third-order valence-electron chi connectivity index (χ3n) is 3.76. The van der Waals surface area contributed by atoms with E-state index in [0.29, 0.717) is 17.7 Å². The maximum atomic E-state index is 13.5. The second kappa shape index (κ2) is 9.33. The third kappa shape index (κ3) is 5.66. The molecular weight excluding hydrogens is 375 g/mol. The van der Waals surface area contributed by atoms with Gasteiger partial charge < -0.3 is 14.8 Å². The lowest BCUT2D eigenvalue weighted by molar-refractivity contribution is -0.119. The highest BCUT2D eigenvalue weighted by atomic mass is 32.2. The number of rotatable bonds is 9. The van der Waals surface area contributed by atoms with Crippen molar-refractivity contribution in [2.75, 3.05) is 27.3 Å². The number of amides is 1. The molecule has 0 aliphatic heterocycles. The molecule has 27 heavy (non-hydrogen) atoms. The second-order valence-corrected chi connectivity index (χ2v) is 7.30. The molecule has 146 valence electrons. The van der Waals surface area contributed by atoms with Crippen LogP contribution in [0.25, 0.3) is 0 Å². The average Bonchev–Trinajstić information content (AvgIpc) is 2.67. The SMILES string of the molecule is COc1ccc(S(=O)(=O)NCC(=O)NCCc2ccccc2F)cc1OC. The molecule has 0 aliphatic rings. The Balaban J connectivity index is 1.89. The Morgan fingerprint density at radius 3 is 2.44 bits per heavy atom. The summed E-state index contributed by atoms with van der Waals surface area (Å²) in [7, 11) is -1.07. The van der Waals surface area contributed by atoms with Crippen LogP contribution in [0.2, 0.25) is 0 Å². The first kappa shape index (κ1) is 20.7. The zero-order valence-electron chi connectivity index (χ0n) is 15.0. The molecule has 2 rings (SSSR count). The third-order valence-corrected chi connectivity index (χ3v) is 5.16. The summed E-state index contributed by atoms with van der Waals surface area (Å²) in [6.07, 6.45) is 0.306. The molecule has 0 fully saturated rings. The number of carbonyl (C=O) groups is 1. The monoisotopic (exact) mass is 396 g/mol. The van der Waals surface area contributed by atoms with Crippen molar-refractivity contribution in [2.24, 2.45) is 0 Å². The van der Waals surface area contributed by atoms with Gasteiger partial charge in [0.1, 0.15) is 5.82 Å². The minimum absolute atomic E-state index is 0.0562. The molecule has 0 radical (unpaired) electrons. The Kier molecular flexibility index (Phi) is 7.14. The molecule has 0 saturated heterocycles. The van der Waals surface area contributed by atoms with Gasteiger partial charge in [-0.05, 0) is 30.2 Å². The molecule has 2 aromatic rings. The maximum absolute atomic E-state index is 13.5. The largest absolute Gasteiger partial charge is 0.493 e. The summed E-state index contributed by atoms with van der Waals surface area (Å²) in [6.45, 7) is -0.244. The van der Waals surface area contributed by atoms with Crippen molar-refractivity contribution >= 4 is 15.9 Å². The summed E-state index contributed by atoms with van der Waals surface area (Å²) in [4.78, 5) is 11.8. The molecule has 2 aromatic carbocycles. The average molecular weight is 396 g/mol. The van der Waals surface area contributed by atoms with Crippen LogP contribution in [0.15, 0.2) is 47.4 Å². The van der Waals surface area contributed by atoms with Gasteiger partial charge >= 0.3 is 0 Å². The number of benzene rings is 2. The molecule has 0 heterocycles. The van der Waals surface area contributed by atoms with Crippen molar-refractivity contribution in [2.45, 2.75) is 11.3 Å². The fraction of sp³-hybridized carbons (Fsp3) is 0.278. The van der Waals surface area contributed by atoms with Gasteiger partial charge in [0, 0.05) is 12.6 Å². The second-order valence-electron chi connectivity index (χ2n) is 5.53. The number of hydrogen-bond donors (Lipinski definition) is 2. The van der Waals surface area contributed by atoms with Crippen molar-refractivity contribution in [1.82, 2.24) is 10.0 Å². The van der Waals surface area contributed by atoms with Crippen LogP contribution in [-0.4, -0.2) is 41.6 Å². The smallest absolute Gasteiger partial charge is 0.241 e. The number of ether oxygens (including phenoxy) is 2. The quantitative estimate of drug-likeness (QED) is 0.670. The highest BCUT2D eigenvalue weighted by Gasteiger charge is 2.18. The highest BCUT2D eigenvalue weighted by Crippen LogP contribution is 2.29. The topological polar surface area (TPSA) is 93.7 Å². The minimum Gasteiger partial charge on any atom is -0.493 e. The van der Waals surface area contributed by atoms with Crippen molar-refractivity contribution in [3.63, 3.8) is 0 Å². The summed E-state index contributed by atoms with van der Waals surface area (Å²) in [5.41, 5.74) is 0.476. The van der Waals surface area contributed by atoms with Crippen LogP contribution < -0.4 is 19.5 Å². The van der Waals surface area contributed by atoms with E-state index in [1.807, 2.05) is 0 Å². The molecule has 1 amide bonds. The zero-order chi connectivity index (χ0) is 19.9. The van der Waals surface area contributed by atoms with E-state index in [0.717, 1.165) is 0 Å². The van der Waals surface area contributed by atoms with Crippen LogP contribution in [0.1, 0.15) is 5.56 Å². The van der Waals surface area contributed by atoms with Gasteiger partial charge in [0.2, 0.25) is 15.9 Å². The number of methoxy groups -OCH3 is 2. The van der Waals surface area contributed by atoms with Crippen molar-refractivity contribution in [3.05, 3.63) is 53.8 Å². The minimum atomic E-state index is -3.90. The number of halogens is 1. The van der Waals surface area contributed by atoms with Crippen molar-refractivity contribution in [3.8, 4) is 11.5 Å². The number of nitrogens with one attached hydrogen (secondary N) is 2. The van der Waals surface area contributed by atoms with E-state index in [1.54, 1.807) is 18.2 Å². The van der Waals surface area contributed by atoms with Crippen LogP contribution in [-0.2, 0) is 21.2 Å². The number of hydrogen-bond acceptors (Lipinski definition) is 5. The summed E-state index contributed by atoms with van der Waals surface area (Å²) in [5.74, 6) is -0.214. The molecule has 0 atom stereocenters. The first-order valence-electron chi connectivity index (χ1n) is 8.09. The predicted molar refractivity (Wildman–Crippen MR) is 97.8 cm³/mol. The van der Waals surface area contributed by atoms with Gasteiger partial charge in [-0.2, -0.15) is 0 Å². The van der Waals surface area contributed by atoms with Gasteiger partial charge in [0.15, 0.2) is 11.5 Å². The van der Waals surface area contributed by atoms with Gasteiger partial charge in [0.05, 0.1) is 25.7 Å². The lowest BCUT2D eigenvalue weighted by atomic mass is 10.1. The molecule has 7 nitrogen and oxygen atoms in total.